The highest BCUT2D eigenvalue weighted by molar-refractivity contribution is 5.85. The lowest BCUT2D eigenvalue weighted by Gasteiger charge is -2.34. The number of furan rings is 1. The fourth-order valence-corrected chi connectivity index (χ4v) is 3.10. The van der Waals surface area contributed by atoms with E-state index in [4.69, 9.17) is 13.6 Å². The Hall–Kier alpha value is -2.67. The lowest BCUT2D eigenvalue weighted by Crippen LogP contribution is -2.45. The van der Waals surface area contributed by atoms with Crippen LogP contribution in [0.5, 0.6) is 0 Å². The molecular weight excluding hydrogens is 322 g/mol. The number of nitrogens with zero attached hydrogens (tertiary/aromatic N) is 3. The molecule has 3 heterocycles. The number of amides is 1. The van der Waals surface area contributed by atoms with Crippen molar-refractivity contribution < 1.29 is 18.4 Å². The SMILES string of the molecule is Cc1nnc([C@@H]2COCCN2C(=O)[C@@H](C)c2cc3ccccc3o2)o1. The van der Waals surface area contributed by atoms with Crippen molar-refractivity contribution in [2.45, 2.75) is 25.8 Å². The van der Waals surface area contributed by atoms with Crippen molar-refractivity contribution in [3.8, 4) is 0 Å². The third-order valence-electron chi connectivity index (χ3n) is 4.48. The molecule has 7 heteroatoms. The van der Waals surface area contributed by atoms with Gasteiger partial charge in [0.15, 0.2) is 0 Å². The van der Waals surface area contributed by atoms with E-state index < -0.39 is 5.92 Å². The minimum atomic E-state index is -0.406. The molecule has 0 bridgehead atoms. The minimum absolute atomic E-state index is 0.0387. The molecule has 1 aliphatic rings. The Morgan fingerprint density at radius 1 is 1.28 bits per heavy atom. The van der Waals surface area contributed by atoms with Gasteiger partial charge in [-0.25, -0.2) is 0 Å². The van der Waals surface area contributed by atoms with Crippen molar-refractivity contribution in [1.29, 1.82) is 0 Å². The molecule has 0 unspecified atom stereocenters. The summed E-state index contributed by atoms with van der Waals surface area (Å²) in [6.45, 7) is 4.90. The number of morpholine rings is 1. The molecule has 0 saturated carbocycles. The number of rotatable bonds is 3. The second kappa shape index (κ2) is 6.33. The number of para-hydroxylation sites is 1. The smallest absolute Gasteiger partial charge is 0.241 e. The van der Waals surface area contributed by atoms with Crippen molar-refractivity contribution in [3.05, 3.63) is 47.9 Å². The van der Waals surface area contributed by atoms with E-state index in [1.165, 1.54) is 0 Å². The predicted molar refractivity (Wildman–Crippen MR) is 88.9 cm³/mol. The van der Waals surface area contributed by atoms with Gasteiger partial charge in [-0.2, -0.15) is 0 Å². The van der Waals surface area contributed by atoms with Gasteiger partial charge in [-0.3, -0.25) is 4.79 Å². The van der Waals surface area contributed by atoms with E-state index in [0.717, 1.165) is 11.0 Å². The summed E-state index contributed by atoms with van der Waals surface area (Å²) in [6.07, 6.45) is 0. The molecule has 3 aromatic rings. The molecule has 0 spiro atoms. The highest BCUT2D eigenvalue weighted by Crippen LogP contribution is 2.30. The van der Waals surface area contributed by atoms with Crippen LogP contribution in [-0.2, 0) is 9.53 Å². The van der Waals surface area contributed by atoms with Crippen molar-refractivity contribution in [1.82, 2.24) is 15.1 Å². The van der Waals surface area contributed by atoms with Gasteiger partial charge in [0.1, 0.15) is 17.4 Å². The summed E-state index contributed by atoms with van der Waals surface area (Å²) >= 11 is 0. The van der Waals surface area contributed by atoms with Crippen LogP contribution in [0.2, 0.25) is 0 Å². The van der Waals surface area contributed by atoms with Crippen molar-refractivity contribution in [3.63, 3.8) is 0 Å². The summed E-state index contributed by atoms with van der Waals surface area (Å²) in [5.41, 5.74) is 0.781. The number of hydrogen-bond donors (Lipinski definition) is 0. The number of hydrogen-bond acceptors (Lipinski definition) is 6. The van der Waals surface area contributed by atoms with E-state index >= 15 is 0 Å². The zero-order valence-electron chi connectivity index (χ0n) is 14.1. The van der Waals surface area contributed by atoms with Crippen molar-refractivity contribution in [2.24, 2.45) is 0 Å². The Morgan fingerprint density at radius 2 is 2.12 bits per heavy atom. The highest BCUT2D eigenvalue weighted by Gasteiger charge is 2.35. The van der Waals surface area contributed by atoms with Gasteiger partial charge in [0.25, 0.3) is 0 Å². The normalized spacial score (nSPS) is 19.3. The first-order valence-corrected chi connectivity index (χ1v) is 8.30. The molecule has 130 valence electrons. The van der Waals surface area contributed by atoms with Crippen LogP contribution < -0.4 is 0 Å². The molecule has 2 atom stereocenters. The molecule has 1 amide bonds. The quantitative estimate of drug-likeness (QED) is 0.728. The average Bonchev–Trinajstić information content (AvgIpc) is 3.26. The molecule has 0 radical (unpaired) electrons. The van der Waals surface area contributed by atoms with Crippen molar-refractivity contribution >= 4 is 16.9 Å². The minimum Gasteiger partial charge on any atom is -0.460 e. The molecule has 0 aliphatic carbocycles. The molecule has 2 aromatic heterocycles. The summed E-state index contributed by atoms with van der Waals surface area (Å²) in [7, 11) is 0. The number of carbonyl (C=O) groups is 1. The lowest BCUT2D eigenvalue weighted by atomic mass is 10.0. The Morgan fingerprint density at radius 3 is 2.88 bits per heavy atom. The van der Waals surface area contributed by atoms with E-state index in [1.807, 2.05) is 37.3 Å². The molecule has 1 aromatic carbocycles. The van der Waals surface area contributed by atoms with Crippen LogP contribution >= 0.6 is 0 Å². The summed E-state index contributed by atoms with van der Waals surface area (Å²) in [6, 6.07) is 9.29. The standard InChI is InChI=1S/C18H19N3O4/c1-11(16-9-13-5-3-4-6-15(13)25-16)18(22)21-7-8-23-10-14(21)17-20-19-12(2)24-17/h3-6,9,11,14H,7-8,10H2,1-2H3/t11-,14-/m0/s1. The van der Waals surface area contributed by atoms with Crippen LogP contribution in [0.15, 0.2) is 39.2 Å². The van der Waals surface area contributed by atoms with Crippen LogP contribution in [0.1, 0.15) is 36.4 Å². The van der Waals surface area contributed by atoms with Gasteiger partial charge in [-0.15, -0.1) is 10.2 Å². The molecule has 25 heavy (non-hydrogen) atoms. The number of aryl methyl sites for hydroxylation is 1. The van der Waals surface area contributed by atoms with Crippen LogP contribution in [0.25, 0.3) is 11.0 Å². The number of aromatic nitrogens is 2. The number of fused-ring (bicyclic) bond motifs is 1. The Kier molecular flexibility index (Phi) is 4.01. The van der Waals surface area contributed by atoms with Gasteiger partial charge in [-0.05, 0) is 19.1 Å². The monoisotopic (exact) mass is 341 g/mol. The number of benzene rings is 1. The van der Waals surface area contributed by atoms with Gasteiger partial charge in [0.2, 0.25) is 17.7 Å². The molecule has 0 N–H and O–H groups in total. The topological polar surface area (TPSA) is 81.6 Å². The maximum Gasteiger partial charge on any atom is 0.241 e. The largest absolute Gasteiger partial charge is 0.460 e. The van der Waals surface area contributed by atoms with E-state index in [-0.39, 0.29) is 11.9 Å². The first-order chi connectivity index (χ1) is 12.1. The van der Waals surface area contributed by atoms with E-state index in [0.29, 0.717) is 37.3 Å². The Labute approximate surface area is 144 Å². The molecular formula is C18H19N3O4. The van der Waals surface area contributed by atoms with Gasteiger partial charge in [0.05, 0.1) is 19.1 Å². The van der Waals surface area contributed by atoms with Crippen LogP contribution in [-0.4, -0.2) is 40.8 Å². The zero-order valence-corrected chi connectivity index (χ0v) is 14.1. The van der Waals surface area contributed by atoms with E-state index in [2.05, 4.69) is 10.2 Å². The summed E-state index contributed by atoms with van der Waals surface area (Å²) in [5.74, 6) is 1.08. The molecule has 1 aliphatic heterocycles. The predicted octanol–water partition coefficient (Wildman–Crippen LogP) is 2.83. The maximum absolute atomic E-state index is 13.1. The Bertz CT molecular complexity index is 868. The first-order valence-electron chi connectivity index (χ1n) is 8.30. The summed E-state index contributed by atoms with van der Waals surface area (Å²) < 4.78 is 16.9. The van der Waals surface area contributed by atoms with Gasteiger partial charge >= 0.3 is 0 Å². The molecule has 7 nitrogen and oxygen atoms in total. The summed E-state index contributed by atoms with van der Waals surface area (Å²) in [5, 5.41) is 8.90. The van der Waals surface area contributed by atoms with Gasteiger partial charge in [0, 0.05) is 18.9 Å². The molecule has 1 saturated heterocycles. The maximum atomic E-state index is 13.1. The number of carbonyl (C=O) groups excluding carboxylic acids is 1. The van der Waals surface area contributed by atoms with Gasteiger partial charge in [-0.1, -0.05) is 18.2 Å². The third-order valence-corrected chi connectivity index (χ3v) is 4.48. The fraction of sp³-hybridized carbons (Fsp3) is 0.389. The molecule has 4 rings (SSSR count). The molecule has 1 fully saturated rings. The van der Waals surface area contributed by atoms with Crippen LogP contribution in [0, 0.1) is 6.92 Å². The van der Waals surface area contributed by atoms with E-state index in [1.54, 1.807) is 11.8 Å². The second-order valence-corrected chi connectivity index (χ2v) is 6.19. The van der Waals surface area contributed by atoms with Crippen LogP contribution in [0.3, 0.4) is 0 Å². The summed E-state index contributed by atoms with van der Waals surface area (Å²) in [4.78, 5) is 14.8. The average molecular weight is 341 g/mol. The Balaban J connectivity index is 1.61. The lowest BCUT2D eigenvalue weighted by molar-refractivity contribution is -0.142. The fourth-order valence-electron chi connectivity index (χ4n) is 3.10. The van der Waals surface area contributed by atoms with Crippen LogP contribution in [0.4, 0.5) is 0 Å². The van der Waals surface area contributed by atoms with Gasteiger partial charge < -0.3 is 18.5 Å². The second-order valence-electron chi connectivity index (χ2n) is 6.19. The number of ether oxygens (including phenoxy) is 1. The third kappa shape index (κ3) is 2.91. The first kappa shape index (κ1) is 15.8. The van der Waals surface area contributed by atoms with Crippen molar-refractivity contribution in [2.75, 3.05) is 19.8 Å². The van der Waals surface area contributed by atoms with E-state index in [9.17, 15) is 4.79 Å². The zero-order chi connectivity index (χ0) is 17.4. The highest BCUT2D eigenvalue weighted by atomic mass is 16.5.